The van der Waals surface area contributed by atoms with Crippen molar-refractivity contribution in [3.05, 3.63) is 60.4 Å². The Labute approximate surface area is 186 Å². The fourth-order valence-corrected chi connectivity index (χ4v) is 4.80. The van der Waals surface area contributed by atoms with E-state index in [0.29, 0.717) is 6.79 Å². The van der Waals surface area contributed by atoms with Crippen LogP contribution in [0.3, 0.4) is 0 Å². The van der Waals surface area contributed by atoms with Gasteiger partial charge < -0.3 is 24.0 Å². The number of anilines is 2. The van der Waals surface area contributed by atoms with E-state index in [-0.39, 0.29) is 0 Å². The second-order valence-electron chi connectivity index (χ2n) is 7.31. The second kappa shape index (κ2) is 8.93. The molecule has 1 saturated heterocycles. The smallest absolute Gasteiger partial charge is 0.231 e. The Morgan fingerprint density at radius 2 is 1.71 bits per heavy atom. The van der Waals surface area contributed by atoms with Crippen molar-refractivity contribution in [1.82, 2.24) is 9.97 Å². The lowest BCUT2D eigenvalue weighted by Gasteiger charge is -2.37. The van der Waals surface area contributed by atoms with Crippen LogP contribution in [-0.4, -0.2) is 50.0 Å². The average Bonchev–Trinajstić information content (AvgIpc) is 3.31. The summed E-state index contributed by atoms with van der Waals surface area (Å²) in [7, 11) is 1.72. The van der Waals surface area contributed by atoms with Crippen LogP contribution in [0, 0.1) is 0 Å². The monoisotopic (exact) mass is 436 g/mol. The number of nitrogens with zero attached hydrogens (tertiary/aromatic N) is 4. The van der Waals surface area contributed by atoms with Crippen molar-refractivity contribution in [2.24, 2.45) is 0 Å². The lowest BCUT2D eigenvalue weighted by Crippen LogP contribution is -2.47. The molecule has 0 saturated carbocycles. The van der Waals surface area contributed by atoms with Crippen LogP contribution in [0.1, 0.15) is 5.56 Å². The van der Waals surface area contributed by atoms with E-state index >= 15 is 0 Å². The van der Waals surface area contributed by atoms with Gasteiger partial charge in [0, 0.05) is 44.3 Å². The van der Waals surface area contributed by atoms with E-state index in [1.54, 1.807) is 31.3 Å². The number of hydrogen-bond acceptors (Lipinski definition) is 8. The summed E-state index contributed by atoms with van der Waals surface area (Å²) >= 11 is 1.70. The van der Waals surface area contributed by atoms with E-state index in [1.807, 2.05) is 24.3 Å². The van der Waals surface area contributed by atoms with Crippen LogP contribution < -0.4 is 24.0 Å². The molecule has 0 spiro atoms. The zero-order valence-corrected chi connectivity index (χ0v) is 18.2. The molecule has 3 heterocycles. The van der Waals surface area contributed by atoms with Gasteiger partial charge in [-0.2, -0.15) is 0 Å². The van der Waals surface area contributed by atoms with Crippen LogP contribution >= 0.6 is 11.8 Å². The molecule has 0 N–H and O–H groups in total. The van der Waals surface area contributed by atoms with Crippen molar-refractivity contribution in [3.63, 3.8) is 0 Å². The maximum absolute atomic E-state index is 5.53. The normalized spacial score (nSPS) is 15.3. The summed E-state index contributed by atoms with van der Waals surface area (Å²) < 4.78 is 16.4. The standard InChI is InChI=1S/C23H24N4O3S/c1-28-19-5-3-2-4-18(19)26-10-12-27(13-11-26)22-23(25-9-8-24-22)31-15-17-6-7-20-21(14-17)30-16-29-20/h2-9,14H,10-13,15-16H2,1H3. The maximum Gasteiger partial charge on any atom is 0.231 e. The lowest BCUT2D eigenvalue weighted by molar-refractivity contribution is 0.174. The molecule has 0 amide bonds. The predicted octanol–water partition coefficient (Wildman–Crippen LogP) is 3.83. The van der Waals surface area contributed by atoms with Crippen molar-refractivity contribution >= 4 is 23.3 Å². The van der Waals surface area contributed by atoms with Crippen molar-refractivity contribution < 1.29 is 14.2 Å². The first-order valence-corrected chi connectivity index (χ1v) is 11.3. The van der Waals surface area contributed by atoms with E-state index < -0.39 is 0 Å². The summed E-state index contributed by atoms with van der Waals surface area (Å²) in [5.74, 6) is 4.28. The highest BCUT2D eigenvalue weighted by Gasteiger charge is 2.23. The zero-order valence-electron chi connectivity index (χ0n) is 17.4. The van der Waals surface area contributed by atoms with Gasteiger partial charge in [0.2, 0.25) is 6.79 Å². The van der Waals surface area contributed by atoms with Crippen molar-refractivity contribution in [3.8, 4) is 17.2 Å². The summed E-state index contributed by atoms with van der Waals surface area (Å²) in [5, 5.41) is 0.950. The first-order valence-electron chi connectivity index (χ1n) is 10.3. The number of methoxy groups -OCH3 is 1. The number of piperazine rings is 1. The molecule has 0 unspecified atom stereocenters. The topological polar surface area (TPSA) is 60.0 Å². The SMILES string of the molecule is COc1ccccc1N1CCN(c2nccnc2SCc2ccc3c(c2)OCO3)CC1. The third-order valence-electron chi connectivity index (χ3n) is 5.46. The summed E-state index contributed by atoms with van der Waals surface area (Å²) in [6.45, 7) is 3.87. The summed E-state index contributed by atoms with van der Waals surface area (Å²) in [6, 6.07) is 14.3. The number of aromatic nitrogens is 2. The van der Waals surface area contributed by atoms with Gasteiger partial charge in [-0.15, -0.1) is 0 Å². The molecule has 2 aliphatic rings. The number of hydrogen-bond donors (Lipinski definition) is 0. The summed E-state index contributed by atoms with van der Waals surface area (Å²) in [6.07, 6.45) is 3.53. The molecule has 0 radical (unpaired) electrons. The minimum absolute atomic E-state index is 0.293. The molecule has 5 rings (SSSR count). The summed E-state index contributed by atoms with van der Waals surface area (Å²) in [5.41, 5.74) is 2.31. The Morgan fingerprint density at radius 3 is 2.58 bits per heavy atom. The van der Waals surface area contributed by atoms with Gasteiger partial charge in [-0.3, -0.25) is 0 Å². The Kier molecular flexibility index (Phi) is 5.71. The van der Waals surface area contributed by atoms with Crippen LogP contribution in [0.4, 0.5) is 11.5 Å². The third-order valence-corrected chi connectivity index (χ3v) is 6.50. The average molecular weight is 437 g/mol. The van der Waals surface area contributed by atoms with Gasteiger partial charge in [0.15, 0.2) is 17.3 Å². The minimum Gasteiger partial charge on any atom is -0.495 e. The predicted molar refractivity (Wildman–Crippen MR) is 122 cm³/mol. The molecule has 0 atom stereocenters. The highest BCUT2D eigenvalue weighted by molar-refractivity contribution is 7.98. The largest absolute Gasteiger partial charge is 0.495 e. The van der Waals surface area contributed by atoms with E-state index in [4.69, 9.17) is 14.2 Å². The van der Waals surface area contributed by atoms with Crippen LogP contribution in [0.2, 0.25) is 0 Å². The van der Waals surface area contributed by atoms with Crippen molar-refractivity contribution in [1.29, 1.82) is 0 Å². The fraction of sp³-hybridized carbons (Fsp3) is 0.304. The molecule has 2 aliphatic heterocycles. The van der Waals surface area contributed by atoms with Gasteiger partial charge in [0.05, 0.1) is 12.8 Å². The van der Waals surface area contributed by atoms with Gasteiger partial charge in [-0.1, -0.05) is 30.0 Å². The molecule has 1 aromatic heterocycles. The number of benzene rings is 2. The first-order chi connectivity index (χ1) is 15.3. The Morgan fingerprint density at radius 1 is 0.935 bits per heavy atom. The fourth-order valence-electron chi connectivity index (χ4n) is 3.87. The molecule has 2 aromatic carbocycles. The van der Waals surface area contributed by atoms with Gasteiger partial charge in [-0.05, 0) is 29.8 Å². The van der Waals surface area contributed by atoms with E-state index in [9.17, 15) is 0 Å². The Hall–Kier alpha value is -3.13. The van der Waals surface area contributed by atoms with E-state index in [0.717, 1.165) is 65.7 Å². The molecule has 160 valence electrons. The van der Waals surface area contributed by atoms with Crippen molar-refractivity contribution in [2.75, 3.05) is 49.9 Å². The third kappa shape index (κ3) is 4.20. The van der Waals surface area contributed by atoms with Crippen LogP contribution in [0.5, 0.6) is 17.2 Å². The molecule has 3 aromatic rings. The van der Waals surface area contributed by atoms with Crippen LogP contribution in [0.15, 0.2) is 59.9 Å². The van der Waals surface area contributed by atoms with Gasteiger partial charge in [0.25, 0.3) is 0 Å². The molecular weight excluding hydrogens is 412 g/mol. The van der Waals surface area contributed by atoms with Gasteiger partial charge >= 0.3 is 0 Å². The molecule has 7 nitrogen and oxygen atoms in total. The lowest BCUT2D eigenvalue weighted by atomic mass is 10.2. The van der Waals surface area contributed by atoms with E-state index in [1.165, 1.54) is 5.56 Å². The number of rotatable bonds is 6. The second-order valence-corrected chi connectivity index (χ2v) is 8.27. The first kappa shape index (κ1) is 19.8. The van der Waals surface area contributed by atoms with Crippen LogP contribution in [0.25, 0.3) is 0 Å². The number of para-hydroxylation sites is 2. The number of ether oxygens (including phenoxy) is 3. The van der Waals surface area contributed by atoms with E-state index in [2.05, 4.69) is 38.0 Å². The maximum atomic E-state index is 5.53. The molecule has 0 bridgehead atoms. The zero-order chi connectivity index (χ0) is 21.0. The van der Waals surface area contributed by atoms with Gasteiger partial charge in [0.1, 0.15) is 10.8 Å². The number of thioether (sulfide) groups is 1. The Bertz CT molecular complexity index is 1060. The molecule has 8 heteroatoms. The number of fused-ring (bicyclic) bond motifs is 1. The highest BCUT2D eigenvalue weighted by atomic mass is 32.2. The van der Waals surface area contributed by atoms with Crippen LogP contribution in [-0.2, 0) is 5.75 Å². The molecule has 31 heavy (non-hydrogen) atoms. The molecular formula is C23H24N4O3S. The molecule has 1 fully saturated rings. The van der Waals surface area contributed by atoms with Crippen molar-refractivity contribution in [2.45, 2.75) is 10.8 Å². The molecule has 0 aliphatic carbocycles. The quantitative estimate of drug-likeness (QED) is 0.541. The van der Waals surface area contributed by atoms with Gasteiger partial charge in [-0.25, -0.2) is 9.97 Å². The minimum atomic E-state index is 0.293. The highest BCUT2D eigenvalue weighted by Crippen LogP contribution is 2.36. The Balaban J connectivity index is 1.25. The summed E-state index contributed by atoms with van der Waals surface area (Å²) in [4.78, 5) is 14.0.